The van der Waals surface area contributed by atoms with Crippen molar-refractivity contribution >= 4 is 5.91 Å². The predicted octanol–water partition coefficient (Wildman–Crippen LogP) is 0.936. The van der Waals surface area contributed by atoms with Gasteiger partial charge in [0.2, 0.25) is 5.91 Å². The van der Waals surface area contributed by atoms with E-state index < -0.39 is 23.1 Å². The lowest BCUT2D eigenvalue weighted by Crippen LogP contribution is -2.47. The highest BCUT2D eigenvalue weighted by atomic mass is 19.2. The maximum Gasteiger partial charge on any atom is 0.224 e. The third-order valence-electron chi connectivity index (χ3n) is 2.71. The highest BCUT2D eigenvalue weighted by Crippen LogP contribution is 2.12. The van der Waals surface area contributed by atoms with Crippen molar-refractivity contribution in [3.8, 4) is 0 Å². The van der Waals surface area contributed by atoms with Crippen LogP contribution >= 0.6 is 0 Å². The third kappa shape index (κ3) is 5.22. The summed E-state index contributed by atoms with van der Waals surface area (Å²) in [5.41, 5.74) is -1.09. The van der Waals surface area contributed by atoms with E-state index in [0.29, 0.717) is 6.54 Å². The second kappa shape index (κ2) is 6.76. The molecule has 0 aromatic heterocycles. The average Bonchev–Trinajstić information content (AvgIpc) is 2.31. The summed E-state index contributed by atoms with van der Waals surface area (Å²) < 4.78 is 26.4. The van der Waals surface area contributed by atoms with Gasteiger partial charge in [0.05, 0.1) is 12.0 Å². The van der Waals surface area contributed by atoms with Gasteiger partial charge < -0.3 is 15.3 Å². The number of rotatable bonds is 6. The number of carbonyl (C=O) groups excluding carboxylic acids is 1. The molecule has 112 valence electrons. The fourth-order valence-electron chi connectivity index (χ4n) is 1.95. The smallest absolute Gasteiger partial charge is 0.224 e. The van der Waals surface area contributed by atoms with Gasteiger partial charge in [-0.25, -0.2) is 8.78 Å². The number of likely N-dealkylation sites (N-methyl/N-ethyl adjacent to an activating group) is 1. The van der Waals surface area contributed by atoms with Gasteiger partial charge >= 0.3 is 0 Å². The molecule has 1 aromatic carbocycles. The second-order valence-corrected chi connectivity index (χ2v) is 5.40. The number of benzene rings is 1. The van der Waals surface area contributed by atoms with Crippen molar-refractivity contribution in [2.24, 2.45) is 0 Å². The van der Waals surface area contributed by atoms with E-state index in [-0.39, 0.29) is 18.5 Å². The van der Waals surface area contributed by atoms with E-state index in [0.717, 1.165) is 6.07 Å². The number of hydrogen-bond donors (Lipinski definition) is 2. The van der Waals surface area contributed by atoms with Gasteiger partial charge in [-0.2, -0.15) is 0 Å². The van der Waals surface area contributed by atoms with Gasteiger partial charge in [-0.05, 0) is 27.1 Å². The average molecular weight is 286 g/mol. The molecule has 0 spiro atoms. The summed E-state index contributed by atoms with van der Waals surface area (Å²) >= 11 is 0. The number of amides is 1. The quantitative estimate of drug-likeness (QED) is 0.818. The van der Waals surface area contributed by atoms with Crippen LogP contribution in [-0.2, 0) is 11.2 Å². The van der Waals surface area contributed by atoms with Crippen LogP contribution in [0.2, 0.25) is 0 Å². The molecule has 6 heteroatoms. The minimum absolute atomic E-state index is 0.00486. The maximum absolute atomic E-state index is 13.4. The van der Waals surface area contributed by atoms with Crippen molar-refractivity contribution in [2.75, 3.05) is 27.2 Å². The van der Waals surface area contributed by atoms with E-state index in [1.54, 1.807) is 25.9 Å². The van der Waals surface area contributed by atoms with Gasteiger partial charge in [0.25, 0.3) is 0 Å². The summed E-state index contributed by atoms with van der Waals surface area (Å²) in [5, 5.41) is 12.5. The van der Waals surface area contributed by atoms with Crippen LogP contribution in [-0.4, -0.2) is 48.7 Å². The SMILES string of the molecule is CN(C)CC(C)(O)CNC(=O)Cc1cccc(F)c1F. The molecule has 0 aliphatic heterocycles. The number of hydrogen-bond acceptors (Lipinski definition) is 3. The first-order valence-corrected chi connectivity index (χ1v) is 6.28. The Hall–Kier alpha value is -1.53. The Labute approximate surface area is 117 Å². The summed E-state index contributed by atoms with van der Waals surface area (Å²) in [6, 6.07) is 3.71. The minimum atomic E-state index is -1.08. The van der Waals surface area contributed by atoms with Crippen LogP contribution in [0.25, 0.3) is 0 Å². The van der Waals surface area contributed by atoms with Crippen LogP contribution in [0.5, 0.6) is 0 Å². The van der Waals surface area contributed by atoms with Gasteiger partial charge in [0.15, 0.2) is 11.6 Å². The van der Waals surface area contributed by atoms with Crippen molar-refractivity contribution in [1.29, 1.82) is 0 Å². The molecule has 0 aliphatic rings. The molecule has 1 aromatic rings. The summed E-state index contributed by atoms with van der Waals surface area (Å²) in [6.45, 7) is 2.01. The lowest BCUT2D eigenvalue weighted by atomic mass is 10.1. The second-order valence-electron chi connectivity index (χ2n) is 5.40. The standard InChI is InChI=1S/C14H20F2N2O2/c1-14(20,9-18(2)3)8-17-12(19)7-10-5-4-6-11(15)13(10)16/h4-6,20H,7-9H2,1-3H3,(H,17,19). The van der Waals surface area contributed by atoms with E-state index >= 15 is 0 Å². The topological polar surface area (TPSA) is 52.6 Å². The first-order valence-electron chi connectivity index (χ1n) is 6.28. The number of nitrogens with one attached hydrogen (secondary N) is 1. The van der Waals surface area contributed by atoms with Crippen LogP contribution < -0.4 is 5.32 Å². The molecule has 1 unspecified atom stereocenters. The molecule has 0 radical (unpaired) electrons. The number of carbonyl (C=O) groups is 1. The molecular formula is C14H20F2N2O2. The number of aliphatic hydroxyl groups is 1. The normalized spacial score (nSPS) is 14.2. The molecule has 0 saturated carbocycles. The zero-order chi connectivity index (χ0) is 15.3. The van der Waals surface area contributed by atoms with Crippen LogP contribution in [0.15, 0.2) is 18.2 Å². The van der Waals surface area contributed by atoms with E-state index in [1.807, 2.05) is 0 Å². The Morgan fingerprint density at radius 1 is 1.40 bits per heavy atom. The number of nitrogens with zero attached hydrogens (tertiary/aromatic N) is 1. The zero-order valence-electron chi connectivity index (χ0n) is 11.9. The molecule has 4 nitrogen and oxygen atoms in total. The van der Waals surface area contributed by atoms with E-state index in [9.17, 15) is 18.7 Å². The summed E-state index contributed by atoms with van der Waals surface area (Å²) in [7, 11) is 3.61. The molecule has 0 fully saturated rings. The zero-order valence-corrected chi connectivity index (χ0v) is 11.9. The highest BCUT2D eigenvalue weighted by Gasteiger charge is 2.22. The Balaban J connectivity index is 2.54. The molecule has 0 saturated heterocycles. The molecule has 20 heavy (non-hydrogen) atoms. The minimum Gasteiger partial charge on any atom is -0.387 e. The van der Waals surface area contributed by atoms with Crippen molar-refractivity contribution < 1.29 is 18.7 Å². The van der Waals surface area contributed by atoms with Crippen LogP contribution in [0.3, 0.4) is 0 Å². The van der Waals surface area contributed by atoms with E-state index in [2.05, 4.69) is 5.32 Å². The van der Waals surface area contributed by atoms with E-state index in [1.165, 1.54) is 12.1 Å². The first-order chi connectivity index (χ1) is 9.21. The fourth-order valence-corrected chi connectivity index (χ4v) is 1.95. The van der Waals surface area contributed by atoms with Crippen molar-refractivity contribution in [1.82, 2.24) is 10.2 Å². The summed E-state index contributed by atoms with van der Waals surface area (Å²) in [5.74, 6) is -2.45. The van der Waals surface area contributed by atoms with Crippen molar-refractivity contribution in [3.63, 3.8) is 0 Å². The fraction of sp³-hybridized carbons (Fsp3) is 0.500. The Morgan fingerprint density at radius 3 is 2.65 bits per heavy atom. The number of halogens is 2. The Kier molecular flexibility index (Phi) is 5.59. The lowest BCUT2D eigenvalue weighted by molar-refractivity contribution is -0.121. The molecular weight excluding hydrogens is 266 g/mol. The largest absolute Gasteiger partial charge is 0.387 e. The van der Waals surface area contributed by atoms with Crippen LogP contribution in [0.1, 0.15) is 12.5 Å². The van der Waals surface area contributed by atoms with Crippen LogP contribution in [0.4, 0.5) is 8.78 Å². The van der Waals surface area contributed by atoms with Crippen LogP contribution in [0, 0.1) is 11.6 Å². The molecule has 0 aliphatic carbocycles. The monoisotopic (exact) mass is 286 g/mol. The molecule has 2 N–H and O–H groups in total. The van der Waals surface area contributed by atoms with E-state index in [4.69, 9.17) is 0 Å². The predicted molar refractivity (Wildman–Crippen MR) is 72.2 cm³/mol. The van der Waals surface area contributed by atoms with Gasteiger partial charge in [0, 0.05) is 18.7 Å². The van der Waals surface area contributed by atoms with Gasteiger partial charge in [-0.1, -0.05) is 12.1 Å². The summed E-state index contributed by atoms with van der Waals surface area (Å²) in [4.78, 5) is 13.5. The van der Waals surface area contributed by atoms with Gasteiger partial charge in [-0.3, -0.25) is 4.79 Å². The molecule has 1 amide bonds. The van der Waals surface area contributed by atoms with Crippen molar-refractivity contribution in [3.05, 3.63) is 35.4 Å². The Morgan fingerprint density at radius 2 is 2.05 bits per heavy atom. The molecule has 0 bridgehead atoms. The molecule has 1 rings (SSSR count). The Bertz CT molecular complexity index is 476. The summed E-state index contributed by atoms with van der Waals surface area (Å²) in [6.07, 6.45) is -0.262. The molecule has 0 heterocycles. The highest BCUT2D eigenvalue weighted by molar-refractivity contribution is 5.78. The maximum atomic E-state index is 13.4. The third-order valence-corrected chi connectivity index (χ3v) is 2.71. The lowest BCUT2D eigenvalue weighted by Gasteiger charge is -2.27. The first kappa shape index (κ1) is 16.5. The van der Waals surface area contributed by atoms with Gasteiger partial charge in [0.1, 0.15) is 0 Å². The van der Waals surface area contributed by atoms with Crippen molar-refractivity contribution in [2.45, 2.75) is 18.9 Å². The molecule has 1 atom stereocenters. The van der Waals surface area contributed by atoms with Gasteiger partial charge in [-0.15, -0.1) is 0 Å².